The number of urea groups is 1. The van der Waals surface area contributed by atoms with E-state index in [4.69, 9.17) is 39.5 Å². The largest absolute Gasteiger partial charge is 0.481 e. The number of hydrogen-bond donors (Lipinski definition) is 2. The first-order valence-electron chi connectivity index (χ1n) is 11.6. The number of carbonyl (C=O) groups excluding carboxylic acids is 4. The summed E-state index contributed by atoms with van der Waals surface area (Å²) < 4.78 is 5.56. The maximum Gasteiger partial charge on any atom is 0.335 e. The fourth-order valence-electron chi connectivity index (χ4n) is 3.77. The van der Waals surface area contributed by atoms with E-state index < -0.39 is 23.8 Å². The number of aryl methyl sites for hydroxylation is 3. The van der Waals surface area contributed by atoms with Crippen LogP contribution in [0.3, 0.4) is 0 Å². The Morgan fingerprint density at radius 2 is 1.59 bits per heavy atom. The lowest BCUT2D eigenvalue weighted by molar-refractivity contribution is -0.122. The predicted molar refractivity (Wildman–Crippen MR) is 152 cm³/mol. The maximum atomic E-state index is 13.2. The number of anilines is 2. The third-order valence-electron chi connectivity index (χ3n) is 5.86. The van der Waals surface area contributed by atoms with Crippen molar-refractivity contribution in [2.45, 2.75) is 20.8 Å². The van der Waals surface area contributed by atoms with E-state index in [9.17, 15) is 19.2 Å². The van der Waals surface area contributed by atoms with Crippen LogP contribution in [0.5, 0.6) is 5.75 Å². The van der Waals surface area contributed by atoms with E-state index in [2.05, 4.69) is 10.6 Å². The van der Waals surface area contributed by atoms with Gasteiger partial charge in [-0.3, -0.25) is 19.7 Å². The monoisotopic (exact) mass is 585 g/mol. The highest BCUT2D eigenvalue weighted by atomic mass is 35.5. The van der Waals surface area contributed by atoms with Gasteiger partial charge in [-0.05, 0) is 79.4 Å². The third kappa shape index (κ3) is 6.25. The zero-order valence-corrected chi connectivity index (χ0v) is 23.3. The molecule has 39 heavy (non-hydrogen) atoms. The summed E-state index contributed by atoms with van der Waals surface area (Å²) >= 11 is 18.9. The molecule has 1 aliphatic rings. The molecule has 0 unspecified atom stereocenters. The van der Waals surface area contributed by atoms with Crippen molar-refractivity contribution < 1.29 is 23.9 Å². The Morgan fingerprint density at radius 1 is 0.923 bits per heavy atom. The van der Waals surface area contributed by atoms with Gasteiger partial charge in [-0.25, -0.2) is 9.69 Å². The van der Waals surface area contributed by atoms with Crippen molar-refractivity contribution in [3.63, 3.8) is 0 Å². The standard InChI is InChI=1S/C28H22Cl3N3O5/c1-14-4-5-16(3)23(8-14)32-24(35)13-39-25-21(30)10-17(11-22(25)31)9-19-26(36)33-28(38)34(27(19)37)18-7-6-15(2)20(29)12-18/h4-12H,13H2,1-3H3,(H,32,35)(H,33,36,38)/b19-9+. The average Bonchev–Trinajstić information content (AvgIpc) is 2.85. The first-order valence-corrected chi connectivity index (χ1v) is 12.7. The van der Waals surface area contributed by atoms with Gasteiger partial charge in [-0.1, -0.05) is 53.0 Å². The van der Waals surface area contributed by atoms with Crippen molar-refractivity contribution in [1.29, 1.82) is 0 Å². The van der Waals surface area contributed by atoms with Crippen LogP contribution < -0.4 is 20.3 Å². The molecule has 1 heterocycles. The van der Waals surface area contributed by atoms with Crippen LogP contribution in [0.25, 0.3) is 6.08 Å². The molecule has 11 heteroatoms. The van der Waals surface area contributed by atoms with E-state index in [0.29, 0.717) is 16.3 Å². The number of hydrogen-bond acceptors (Lipinski definition) is 5. The van der Waals surface area contributed by atoms with Crippen LogP contribution in [0, 0.1) is 20.8 Å². The van der Waals surface area contributed by atoms with Crippen LogP contribution in [0.15, 0.2) is 54.1 Å². The molecule has 0 spiro atoms. The number of benzene rings is 3. The molecule has 2 N–H and O–H groups in total. The molecule has 1 fully saturated rings. The predicted octanol–water partition coefficient (Wildman–Crippen LogP) is 6.26. The SMILES string of the molecule is Cc1ccc(C)c(NC(=O)COc2c(Cl)cc(/C=C3\C(=O)NC(=O)N(c4ccc(C)c(Cl)c4)C3=O)cc2Cl)c1. The van der Waals surface area contributed by atoms with E-state index in [1.54, 1.807) is 19.1 Å². The molecule has 1 aliphatic heterocycles. The number of barbiturate groups is 1. The summed E-state index contributed by atoms with van der Waals surface area (Å²) in [5.41, 5.74) is 3.49. The zero-order valence-electron chi connectivity index (χ0n) is 21.0. The average molecular weight is 587 g/mol. The minimum atomic E-state index is -0.902. The quantitative estimate of drug-likeness (QED) is 0.262. The molecular weight excluding hydrogens is 565 g/mol. The van der Waals surface area contributed by atoms with Crippen molar-refractivity contribution in [3.8, 4) is 5.75 Å². The van der Waals surface area contributed by atoms with Crippen molar-refractivity contribution >= 4 is 76.0 Å². The smallest absolute Gasteiger partial charge is 0.335 e. The number of ether oxygens (including phenoxy) is 1. The Labute approximate surface area is 239 Å². The molecule has 8 nitrogen and oxygen atoms in total. The van der Waals surface area contributed by atoms with Crippen LogP contribution in [-0.4, -0.2) is 30.4 Å². The molecule has 3 aromatic rings. The number of carbonyl (C=O) groups is 4. The Morgan fingerprint density at radius 3 is 2.26 bits per heavy atom. The van der Waals surface area contributed by atoms with Gasteiger partial charge in [0.05, 0.1) is 15.7 Å². The van der Waals surface area contributed by atoms with Crippen LogP contribution >= 0.6 is 34.8 Å². The first-order chi connectivity index (χ1) is 18.4. The van der Waals surface area contributed by atoms with Gasteiger partial charge in [-0.15, -0.1) is 0 Å². The van der Waals surface area contributed by atoms with Gasteiger partial charge in [0, 0.05) is 10.7 Å². The highest BCUT2D eigenvalue weighted by molar-refractivity contribution is 6.40. The number of nitrogens with one attached hydrogen (secondary N) is 2. The normalized spacial score (nSPS) is 14.5. The summed E-state index contributed by atoms with van der Waals surface area (Å²) in [4.78, 5) is 51.4. The Kier molecular flexibility index (Phi) is 8.30. The molecule has 0 saturated carbocycles. The number of nitrogens with zero attached hydrogens (tertiary/aromatic N) is 1. The van der Waals surface area contributed by atoms with Crippen molar-refractivity contribution in [2.24, 2.45) is 0 Å². The molecule has 0 aromatic heterocycles. The molecular formula is C28H22Cl3N3O5. The molecule has 0 bridgehead atoms. The third-order valence-corrected chi connectivity index (χ3v) is 6.83. The fourth-order valence-corrected chi connectivity index (χ4v) is 4.56. The fraction of sp³-hybridized carbons (Fsp3) is 0.143. The Hall–Kier alpha value is -3.85. The molecule has 0 radical (unpaired) electrons. The van der Waals surface area contributed by atoms with Crippen LogP contribution in [-0.2, 0) is 14.4 Å². The number of imide groups is 2. The van der Waals surface area contributed by atoms with Crippen LogP contribution in [0.1, 0.15) is 22.3 Å². The highest BCUT2D eigenvalue weighted by Gasteiger charge is 2.37. The van der Waals surface area contributed by atoms with Crippen molar-refractivity contribution in [1.82, 2.24) is 5.32 Å². The molecule has 0 aliphatic carbocycles. The molecule has 5 amide bonds. The Balaban J connectivity index is 1.53. The van der Waals surface area contributed by atoms with E-state index in [1.807, 2.05) is 32.0 Å². The van der Waals surface area contributed by atoms with Crippen LogP contribution in [0.4, 0.5) is 16.2 Å². The number of amides is 5. The van der Waals surface area contributed by atoms with Gasteiger partial charge < -0.3 is 10.1 Å². The summed E-state index contributed by atoms with van der Waals surface area (Å²) in [7, 11) is 0. The Bertz CT molecular complexity index is 1540. The highest BCUT2D eigenvalue weighted by Crippen LogP contribution is 2.35. The molecule has 200 valence electrons. The van der Waals surface area contributed by atoms with Gasteiger partial charge >= 0.3 is 6.03 Å². The lowest BCUT2D eigenvalue weighted by Crippen LogP contribution is -2.54. The van der Waals surface area contributed by atoms with Gasteiger partial charge in [0.2, 0.25) is 0 Å². The summed E-state index contributed by atoms with van der Waals surface area (Å²) in [5, 5.41) is 5.38. The molecule has 4 rings (SSSR count). The topological polar surface area (TPSA) is 105 Å². The lowest BCUT2D eigenvalue weighted by Gasteiger charge is -2.26. The van der Waals surface area contributed by atoms with Gasteiger partial charge in [0.1, 0.15) is 5.57 Å². The molecule has 3 aromatic carbocycles. The van der Waals surface area contributed by atoms with Gasteiger partial charge in [0.15, 0.2) is 12.4 Å². The summed E-state index contributed by atoms with van der Waals surface area (Å²) in [5.74, 6) is -2.08. The number of halogens is 3. The van der Waals surface area contributed by atoms with E-state index in [1.165, 1.54) is 24.3 Å². The zero-order chi connectivity index (χ0) is 28.4. The van der Waals surface area contributed by atoms with Gasteiger partial charge in [0.25, 0.3) is 17.7 Å². The lowest BCUT2D eigenvalue weighted by atomic mass is 10.1. The summed E-state index contributed by atoms with van der Waals surface area (Å²) in [6, 6.07) is 12.3. The summed E-state index contributed by atoms with van der Waals surface area (Å²) in [6.45, 7) is 5.21. The van der Waals surface area contributed by atoms with E-state index in [-0.39, 0.29) is 33.7 Å². The van der Waals surface area contributed by atoms with Crippen molar-refractivity contribution in [2.75, 3.05) is 16.8 Å². The second-order valence-electron chi connectivity index (χ2n) is 8.86. The minimum absolute atomic E-state index is 0.0517. The number of rotatable bonds is 6. The second kappa shape index (κ2) is 11.5. The molecule has 1 saturated heterocycles. The van der Waals surface area contributed by atoms with Gasteiger partial charge in [-0.2, -0.15) is 0 Å². The maximum absolute atomic E-state index is 13.2. The van der Waals surface area contributed by atoms with Crippen molar-refractivity contribution in [3.05, 3.63) is 91.4 Å². The van der Waals surface area contributed by atoms with E-state index >= 15 is 0 Å². The second-order valence-corrected chi connectivity index (χ2v) is 10.1. The summed E-state index contributed by atoms with van der Waals surface area (Å²) in [6.07, 6.45) is 1.25. The first kappa shape index (κ1) is 28.2. The van der Waals surface area contributed by atoms with Crippen LogP contribution in [0.2, 0.25) is 15.1 Å². The minimum Gasteiger partial charge on any atom is -0.481 e. The van der Waals surface area contributed by atoms with E-state index in [0.717, 1.165) is 21.6 Å². The molecule has 0 atom stereocenters.